The molecule has 2 heterocycles. The number of fused-ring (bicyclic) bond motifs is 1. The Labute approximate surface area is 131 Å². The molecule has 2 amide bonds. The van der Waals surface area contributed by atoms with Crippen molar-refractivity contribution < 1.29 is 14.0 Å². The zero-order chi connectivity index (χ0) is 15.1. The Bertz CT molecular complexity index is 607. The van der Waals surface area contributed by atoms with Gasteiger partial charge in [-0.1, -0.05) is 0 Å². The van der Waals surface area contributed by atoms with Crippen LogP contribution in [-0.4, -0.2) is 35.3 Å². The largest absolute Gasteiger partial charge is 0.329 e. The van der Waals surface area contributed by atoms with Crippen LogP contribution in [-0.2, 0) is 9.59 Å². The molecule has 0 bridgehead atoms. The van der Waals surface area contributed by atoms with Crippen LogP contribution in [0.5, 0.6) is 0 Å². The van der Waals surface area contributed by atoms with Crippen molar-refractivity contribution in [3.63, 3.8) is 0 Å². The molecule has 2 atom stereocenters. The Morgan fingerprint density at radius 2 is 2.00 bits per heavy atom. The second kappa shape index (κ2) is 5.40. The highest BCUT2D eigenvalue weighted by Crippen LogP contribution is 2.31. The Kier molecular flexibility index (Phi) is 3.73. The normalized spacial score (nSPS) is 26.0. The lowest BCUT2D eigenvalue weighted by Crippen LogP contribution is -2.65. The number of carbonyl (C=O) groups excluding carboxylic acids is 2. The molecule has 6 heteroatoms. The molecule has 2 fully saturated rings. The molecule has 0 aliphatic carbocycles. The molecule has 1 aromatic carbocycles. The molecule has 112 valence electrons. The summed E-state index contributed by atoms with van der Waals surface area (Å²) in [5.74, 6) is -0.600. The Morgan fingerprint density at radius 1 is 1.24 bits per heavy atom. The number of piperidine rings is 1. The Morgan fingerprint density at radius 3 is 2.71 bits per heavy atom. The van der Waals surface area contributed by atoms with Gasteiger partial charge in [-0.2, -0.15) is 0 Å². The third kappa shape index (κ3) is 2.35. The number of benzene rings is 1. The Hall–Kier alpha value is -1.43. The number of piperazine rings is 1. The molecule has 0 saturated carbocycles. The molecule has 0 radical (unpaired) electrons. The second-order valence-electron chi connectivity index (χ2n) is 5.53. The molecule has 2 aliphatic rings. The maximum absolute atomic E-state index is 13.7. The third-order valence-corrected chi connectivity index (χ3v) is 4.88. The first-order valence-electron chi connectivity index (χ1n) is 7.09. The number of nitrogens with zero attached hydrogens (tertiary/aromatic N) is 2. The molecule has 0 spiro atoms. The van der Waals surface area contributed by atoms with E-state index in [4.69, 9.17) is 0 Å². The number of amides is 2. The predicted molar refractivity (Wildman–Crippen MR) is 80.4 cm³/mol. The lowest BCUT2D eigenvalue weighted by atomic mass is 9.95. The highest BCUT2D eigenvalue weighted by Gasteiger charge is 2.45. The zero-order valence-electron chi connectivity index (χ0n) is 11.7. The van der Waals surface area contributed by atoms with E-state index in [1.165, 1.54) is 11.0 Å². The highest BCUT2D eigenvalue weighted by atomic mass is 79.9. The van der Waals surface area contributed by atoms with Gasteiger partial charge in [0.15, 0.2) is 0 Å². The van der Waals surface area contributed by atoms with Gasteiger partial charge in [0.25, 0.3) is 5.91 Å². The summed E-state index contributed by atoms with van der Waals surface area (Å²) in [6, 6.07) is 3.53. The van der Waals surface area contributed by atoms with Crippen molar-refractivity contribution in [1.29, 1.82) is 0 Å². The maximum Gasteiger partial charge on any atom is 0.250 e. The summed E-state index contributed by atoms with van der Waals surface area (Å²) in [5.41, 5.74) is 0.437. The first-order chi connectivity index (χ1) is 10.0. The van der Waals surface area contributed by atoms with Crippen molar-refractivity contribution in [3.05, 3.63) is 28.5 Å². The summed E-state index contributed by atoms with van der Waals surface area (Å²) >= 11 is 3.10. The van der Waals surface area contributed by atoms with E-state index >= 15 is 0 Å². The van der Waals surface area contributed by atoms with Crippen LogP contribution in [0.3, 0.4) is 0 Å². The van der Waals surface area contributed by atoms with Crippen molar-refractivity contribution in [1.82, 2.24) is 4.90 Å². The topological polar surface area (TPSA) is 40.6 Å². The van der Waals surface area contributed by atoms with Crippen molar-refractivity contribution in [2.45, 2.75) is 38.3 Å². The van der Waals surface area contributed by atoms with Gasteiger partial charge >= 0.3 is 0 Å². The van der Waals surface area contributed by atoms with Crippen LogP contribution in [0.4, 0.5) is 10.1 Å². The SMILES string of the molecule is CC1C(=O)N2CCCCC2C(=O)N1c1ccc(Br)c(F)c1. The van der Waals surface area contributed by atoms with E-state index in [2.05, 4.69) is 15.9 Å². The molecule has 21 heavy (non-hydrogen) atoms. The van der Waals surface area contributed by atoms with Crippen molar-refractivity contribution in [3.8, 4) is 0 Å². The number of anilines is 1. The minimum atomic E-state index is -0.590. The van der Waals surface area contributed by atoms with Gasteiger partial charge in [0.2, 0.25) is 5.91 Å². The van der Waals surface area contributed by atoms with Crippen LogP contribution < -0.4 is 4.90 Å². The summed E-state index contributed by atoms with van der Waals surface area (Å²) in [6.45, 7) is 2.34. The quantitative estimate of drug-likeness (QED) is 0.777. The fourth-order valence-electron chi connectivity index (χ4n) is 3.14. The van der Waals surface area contributed by atoms with Crippen LogP contribution in [0.15, 0.2) is 22.7 Å². The third-order valence-electron chi connectivity index (χ3n) is 4.23. The van der Waals surface area contributed by atoms with Crippen LogP contribution in [0.1, 0.15) is 26.2 Å². The minimum Gasteiger partial charge on any atom is -0.329 e. The number of rotatable bonds is 1. The first kappa shape index (κ1) is 14.5. The zero-order valence-corrected chi connectivity index (χ0v) is 13.3. The van der Waals surface area contributed by atoms with Gasteiger partial charge < -0.3 is 4.90 Å². The smallest absolute Gasteiger partial charge is 0.250 e. The predicted octanol–water partition coefficient (Wildman–Crippen LogP) is 2.70. The Balaban J connectivity index is 1.99. The van der Waals surface area contributed by atoms with E-state index < -0.39 is 17.9 Å². The lowest BCUT2D eigenvalue weighted by Gasteiger charge is -2.46. The molecule has 2 saturated heterocycles. The van der Waals surface area contributed by atoms with E-state index in [1.54, 1.807) is 24.0 Å². The summed E-state index contributed by atoms with van der Waals surface area (Å²) in [7, 11) is 0. The summed E-state index contributed by atoms with van der Waals surface area (Å²) in [6.07, 6.45) is 2.57. The second-order valence-corrected chi connectivity index (χ2v) is 6.38. The average molecular weight is 355 g/mol. The number of carbonyl (C=O) groups is 2. The standard InChI is InChI=1S/C15H16BrFN2O2/c1-9-14(20)18-7-3-2-4-13(18)15(21)19(9)10-5-6-11(16)12(17)8-10/h5-6,8-9,13H,2-4,7H2,1H3. The molecule has 0 aromatic heterocycles. The van der Waals surface area contributed by atoms with E-state index in [0.29, 0.717) is 23.1 Å². The van der Waals surface area contributed by atoms with Crippen molar-refractivity contribution in [2.24, 2.45) is 0 Å². The molecule has 2 unspecified atom stereocenters. The summed E-state index contributed by atoms with van der Waals surface area (Å²) in [5, 5.41) is 0. The van der Waals surface area contributed by atoms with Crippen molar-refractivity contribution >= 4 is 33.4 Å². The summed E-state index contributed by atoms with van der Waals surface area (Å²) < 4.78 is 14.1. The van der Waals surface area contributed by atoms with E-state index in [9.17, 15) is 14.0 Å². The number of halogens is 2. The van der Waals surface area contributed by atoms with Gasteiger partial charge in [-0.25, -0.2) is 4.39 Å². The van der Waals surface area contributed by atoms with Gasteiger partial charge in [0.1, 0.15) is 17.9 Å². The van der Waals surface area contributed by atoms with Crippen LogP contribution in [0.2, 0.25) is 0 Å². The van der Waals surface area contributed by atoms with Gasteiger partial charge in [0.05, 0.1) is 4.47 Å². The number of hydrogen-bond acceptors (Lipinski definition) is 2. The minimum absolute atomic E-state index is 0.0531. The fourth-order valence-corrected chi connectivity index (χ4v) is 3.39. The molecular formula is C15H16BrFN2O2. The first-order valence-corrected chi connectivity index (χ1v) is 7.88. The van der Waals surface area contributed by atoms with E-state index in [0.717, 1.165) is 12.8 Å². The van der Waals surface area contributed by atoms with Crippen molar-refractivity contribution in [2.75, 3.05) is 11.4 Å². The maximum atomic E-state index is 13.7. The van der Waals surface area contributed by atoms with E-state index in [1.807, 2.05) is 0 Å². The molecule has 1 aromatic rings. The highest BCUT2D eigenvalue weighted by molar-refractivity contribution is 9.10. The van der Waals surface area contributed by atoms with Gasteiger partial charge in [-0.05, 0) is 60.3 Å². The van der Waals surface area contributed by atoms with Gasteiger partial charge in [0, 0.05) is 12.2 Å². The van der Waals surface area contributed by atoms with Crippen LogP contribution in [0.25, 0.3) is 0 Å². The number of hydrogen-bond donors (Lipinski definition) is 0. The van der Waals surface area contributed by atoms with Gasteiger partial charge in [-0.3, -0.25) is 14.5 Å². The van der Waals surface area contributed by atoms with Crippen LogP contribution >= 0.6 is 15.9 Å². The fraction of sp³-hybridized carbons (Fsp3) is 0.467. The summed E-state index contributed by atoms with van der Waals surface area (Å²) in [4.78, 5) is 28.3. The molecule has 0 N–H and O–H groups in total. The average Bonchev–Trinajstić information content (AvgIpc) is 2.49. The van der Waals surface area contributed by atoms with Gasteiger partial charge in [-0.15, -0.1) is 0 Å². The molecule has 2 aliphatic heterocycles. The lowest BCUT2D eigenvalue weighted by molar-refractivity contribution is -0.147. The van der Waals surface area contributed by atoms with E-state index in [-0.39, 0.29) is 11.8 Å². The van der Waals surface area contributed by atoms with Crippen LogP contribution in [0, 0.1) is 5.82 Å². The molecule has 4 nitrogen and oxygen atoms in total. The molecular weight excluding hydrogens is 339 g/mol. The molecule has 3 rings (SSSR count). The monoisotopic (exact) mass is 354 g/mol.